The Labute approximate surface area is 73.6 Å². The van der Waals surface area contributed by atoms with E-state index in [-0.39, 0.29) is 17.5 Å². The van der Waals surface area contributed by atoms with Crippen LogP contribution in [0.1, 0.15) is 27.2 Å². The number of carbonyl (C=O) groups is 1. The smallest absolute Gasteiger partial charge is 0.310 e. The van der Waals surface area contributed by atoms with E-state index in [1.165, 1.54) is 0 Å². The molecule has 0 aromatic heterocycles. The van der Waals surface area contributed by atoms with Crippen molar-refractivity contribution in [3.63, 3.8) is 0 Å². The first-order valence-electron chi connectivity index (χ1n) is 4.29. The van der Waals surface area contributed by atoms with Gasteiger partial charge in [-0.2, -0.15) is 0 Å². The van der Waals surface area contributed by atoms with Crippen LogP contribution in [0.15, 0.2) is 12.7 Å². The van der Waals surface area contributed by atoms with Gasteiger partial charge in [-0.1, -0.05) is 6.08 Å². The molecule has 2 heteroatoms. The second-order valence-corrected chi connectivity index (χ2v) is 4.28. The third-order valence-corrected chi connectivity index (χ3v) is 1.85. The predicted octanol–water partition coefficient (Wildman–Crippen LogP) is 2.15. The molecule has 0 aromatic carbocycles. The highest BCUT2D eigenvalue weighted by atomic mass is 16.6. The first-order chi connectivity index (χ1) is 5.44. The molecule has 12 heavy (non-hydrogen) atoms. The molecule has 0 bridgehead atoms. The fraction of sp³-hybridized carbons (Fsp3) is 0.700. The molecule has 2 atom stereocenters. The summed E-state index contributed by atoms with van der Waals surface area (Å²) in [6.07, 6.45) is 2.74. The van der Waals surface area contributed by atoms with Crippen LogP contribution in [0.25, 0.3) is 0 Å². The summed E-state index contributed by atoms with van der Waals surface area (Å²) in [5.74, 6) is 0.369. The van der Waals surface area contributed by atoms with Crippen LogP contribution in [0.5, 0.6) is 0 Å². The van der Waals surface area contributed by atoms with Gasteiger partial charge in [0, 0.05) is 0 Å². The maximum atomic E-state index is 11.3. The Morgan fingerprint density at radius 3 is 2.50 bits per heavy atom. The molecule has 0 amide bonds. The Kier molecular flexibility index (Phi) is 2.27. The molecule has 0 spiro atoms. The van der Waals surface area contributed by atoms with Gasteiger partial charge in [0.2, 0.25) is 0 Å². The van der Waals surface area contributed by atoms with Crippen molar-refractivity contribution in [1.82, 2.24) is 0 Å². The van der Waals surface area contributed by atoms with Gasteiger partial charge in [-0.3, -0.25) is 4.79 Å². The number of rotatable bonds is 2. The topological polar surface area (TPSA) is 26.3 Å². The van der Waals surface area contributed by atoms with E-state index in [2.05, 4.69) is 6.58 Å². The second-order valence-electron chi connectivity index (χ2n) is 4.28. The fourth-order valence-corrected chi connectivity index (χ4v) is 1.12. The summed E-state index contributed by atoms with van der Waals surface area (Å²) in [5, 5.41) is 0. The van der Waals surface area contributed by atoms with E-state index in [0.29, 0.717) is 5.92 Å². The zero-order valence-corrected chi connectivity index (χ0v) is 7.96. The molecular formula is C10H16O2. The number of esters is 1. The molecule has 2 nitrogen and oxygen atoms in total. The van der Waals surface area contributed by atoms with Crippen LogP contribution < -0.4 is 0 Å². The van der Waals surface area contributed by atoms with Crippen LogP contribution in [0.2, 0.25) is 0 Å². The van der Waals surface area contributed by atoms with Gasteiger partial charge in [-0.05, 0) is 33.1 Å². The number of carbonyl (C=O) groups excluding carboxylic acids is 1. The maximum Gasteiger partial charge on any atom is 0.310 e. The lowest BCUT2D eigenvalue weighted by Crippen LogP contribution is -2.25. The van der Waals surface area contributed by atoms with Gasteiger partial charge in [-0.15, -0.1) is 6.58 Å². The van der Waals surface area contributed by atoms with Gasteiger partial charge < -0.3 is 4.74 Å². The summed E-state index contributed by atoms with van der Waals surface area (Å²) in [6.45, 7) is 9.30. The highest BCUT2D eigenvalue weighted by Crippen LogP contribution is 2.40. The van der Waals surface area contributed by atoms with Crippen molar-refractivity contribution in [2.45, 2.75) is 32.8 Å². The van der Waals surface area contributed by atoms with E-state index in [9.17, 15) is 4.79 Å². The molecule has 68 valence electrons. The molecule has 1 aliphatic rings. The van der Waals surface area contributed by atoms with Crippen molar-refractivity contribution < 1.29 is 9.53 Å². The third kappa shape index (κ3) is 2.36. The van der Waals surface area contributed by atoms with Crippen molar-refractivity contribution in [3.8, 4) is 0 Å². The second kappa shape index (κ2) is 2.92. The Balaban J connectivity index is 2.36. The van der Waals surface area contributed by atoms with E-state index in [1.54, 1.807) is 0 Å². The summed E-state index contributed by atoms with van der Waals surface area (Å²) in [5.41, 5.74) is -0.356. The highest BCUT2D eigenvalue weighted by Gasteiger charge is 2.43. The maximum absolute atomic E-state index is 11.3. The summed E-state index contributed by atoms with van der Waals surface area (Å²) >= 11 is 0. The molecule has 1 fully saturated rings. The molecule has 0 N–H and O–H groups in total. The van der Waals surface area contributed by atoms with E-state index >= 15 is 0 Å². The van der Waals surface area contributed by atoms with Gasteiger partial charge in [-0.25, -0.2) is 0 Å². The number of hydrogen-bond acceptors (Lipinski definition) is 2. The Bertz CT molecular complexity index is 200. The lowest BCUT2D eigenvalue weighted by Gasteiger charge is -2.19. The largest absolute Gasteiger partial charge is 0.460 e. The lowest BCUT2D eigenvalue weighted by atomic mass is 10.2. The molecule has 1 rings (SSSR count). The summed E-state index contributed by atoms with van der Waals surface area (Å²) in [7, 11) is 0. The third-order valence-electron chi connectivity index (χ3n) is 1.85. The predicted molar refractivity (Wildman–Crippen MR) is 47.6 cm³/mol. The van der Waals surface area contributed by atoms with Crippen LogP contribution in [-0.2, 0) is 9.53 Å². The molecule has 0 radical (unpaired) electrons. The minimum atomic E-state index is -0.356. The van der Waals surface area contributed by atoms with Crippen molar-refractivity contribution in [2.75, 3.05) is 0 Å². The van der Waals surface area contributed by atoms with Crippen LogP contribution in [-0.4, -0.2) is 11.6 Å². The van der Waals surface area contributed by atoms with Crippen molar-refractivity contribution in [3.05, 3.63) is 12.7 Å². The van der Waals surface area contributed by atoms with E-state index in [1.807, 2.05) is 26.8 Å². The van der Waals surface area contributed by atoms with Crippen LogP contribution in [0, 0.1) is 11.8 Å². The molecule has 1 saturated carbocycles. The van der Waals surface area contributed by atoms with Gasteiger partial charge in [0.15, 0.2) is 0 Å². The molecule has 0 saturated heterocycles. The minimum Gasteiger partial charge on any atom is -0.460 e. The van der Waals surface area contributed by atoms with Crippen LogP contribution in [0.4, 0.5) is 0 Å². The summed E-state index contributed by atoms with van der Waals surface area (Å²) in [6, 6.07) is 0. The Hall–Kier alpha value is -0.790. The van der Waals surface area contributed by atoms with Gasteiger partial charge in [0.1, 0.15) is 5.60 Å². The van der Waals surface area contributed by atoms with Gasteiger partial charge in [0.05, 0.1) is 5.92 Å². The van der Waals surface area contributed by atoms with E-state index in [4.69, 9.17) is 4.74 Å². The molecule has 0 unspecified atom stereocenters. The first kappa shape index (κ1) is 9.30. The Morgan fingerprint density at radius 2 is 2.17 bits per heavy atom. The van der Waals surface area contributed by atoms with Gasteiger partial charge in [0.25, 0.3) is 0 Å². The van der Waals surface area contributed by atoms with Gasteiger partial charge >= 0.3 is 5.97 Å². The van der Waals surface area contributed by atoms with Crippen molar-refractivity contribution in [2.24, 2.45) is 11.8 Å². The minimum absolute atomic E-state index is 0.0765. The zero-order valence-electron chi connectivity index (χ0n) is 7.96. The molecule has 0 heterocycles. The fourth-order valence-electron chi connectivity index (χ4n) is 1.12. The lowest BCUT2D eigenvalue weighted by molar-refractivity contribution is -0.156. The van der Waals surface area contributed by atoms with E-state index < -0.39 is 0 Å². The molecule has 1 aliphatic carbocycles. The molecule has 0 aliphatic heterocycles. The number of ether oxygens (including phenoxy) is 1. The highest BCUT2D eigenvalue weighted by molar-refractivity contribution is 5.76. The zero-order chi connectivity index (χ0) is 9.35. The van der Waals surface area contributed by atoms with E-state index in [0.717, 1.165) is 6.42 Å². The summed E-state index contributed by atoms with van der Waals surface area (Å²) < 4.78 is 5.21. The summed E-state index contributed by atoms with van der Waals surface area (Å²) in [4.78, 5) is 11.3. The van der Waals surface area contributed by atoms with Crippen molar-refractivity contribution >= 4 is 5.97 Å². The average molecular weight is 168 g/mol. The monoisotopic (exact) mass is 168 g/mol. The Morgan fingerprint density at radius 1 is 1.58 bits per heavy atom. The van der Waals surface area contributed by atoms with Crippen molar-refractivity contribution in [1.29, 1.82) is 0 Å². The average Bonchev–Trinajstić information content (AvgIpc) is 2.60. The SMILES string of the molecule is C=C[C@H]1C[C@@H]1C(=O)OC(C)(C)C. The molecule has 0 aromatic rings. The normalized spacial score (nSPS) is 27.9. The van der Waals surface area contributed by atoms with Crippen LogP contribution in [0.3, 0.4) is 0 Å². The quantitative estimate of drug-likeness (QED) is 0.466. The standard InChI is InChI=1S/C10H16O2/c1-5-7-6-8(7)9(11)12-10(2,3)4/h5,7-8H,1,6H2,2-4H3/t7-,8-/m0/s1. The number of allylic oxidation sites excluding steroid dienone is 1. The number of hydrogen-bond donors (Lipinski definition) is 0. The first-order valence-corrected chi connectivity index (χ1v) is 4.29. The van der Waals surface area contributed by atoms with Crippen LogP contribution >= 0.6 is 0 Å². The molecular weight excluding hydrogens is 152 g/mol.